The maximum atomic E-state index is 5.36. The average molecular weight is 282 g/mol. The van der Waals surface area contributed by atoms with Crippen LogP contribution in [0.1, 0.15) is 11.1 Å². The topological polar surface area (TPSA) is 86.0 Å². The molecule has 2 aromatic carbocycles. The molecule has 0 amide bonds. The third kappa shape index (κ3) is 4.35. The minimum Gasteiger partial charge on any atom is -0.497 e. The van der Waals surface area contributed by atoms with Crippen molar-refractivity contribution >= 4 is 11.7 Å². The van der Waals surface area contributed by atoms with Gasteiger partial charge in [0.05, 0.1) is 12.8 Å². The van der Waals surface area contributed by atoms with Gasteiger partial charge in [0.2, 0.25) is 5.96 Å². The molecule has 2 aromatic rings. The van der Waals surface area contributed by atoms with E-state index in [0.29, 0.717) is 6.42 Å². The van der Waals surface area contributed by atoms with Crippen LogP contribution >= 0.6 is 0 Å². The molecule has 0 bridgehead atoms. The SMILES string of the molecule is COc1ccc(C(Cc2ccccc2)=NN=C(N)N)cc1. The molecule has 4 N–H and O–H groups in total. The first-order chi connectivity index (χ1) is 10.2. The van der Waals surface area contributed by atoms with Gasteiger partial charge in [0.25, 0.3) is 0 Å². The van der Waals surface area contributed by atoms with Crippen molar-refractivity contribution < 1.29 is 4.74 Å². The molecule has 0 spiro atoms. The molecular formula is C16H18N4O. The third-order valence-corrected chi connectivity index (χ3v) is 2.92. The van der Waals surface area contributed by atoms with E-state index in [-0.39, 0.29) is 5.96 Å². The van der Waals surface area contributed by atoms with Crippen molar-refractivity contribution in [2.45, 2.75) is 6.42 Å². The number of hydrogen-bond acceptors (Lipinski definition) is 3. The number of nitrogens with zero attached hydrogens (tertiary/aromatic N) is 2. The Labute approximate surface area is 124 Å². The molecule has 2 rings (SSSR count). The van der Waals surface area contributed by atoms with E-state index in [4.69, 9.17) is 16.2 Å². The van der Waals surface area contributed by atoms with E-state index < -0.39 is 0 Å². The van der Waals surface area contributed by atoms with Gasteiger partial charge in [-0.15, -0.1) is 5.10 Å². The molecular weight excluding hydrogens is 264 g/mol. The van der Waals surface area contributed by atoms with E-state index in [1.807, 2.05) is 54.6 Å². The van der Waals surface area contributed by atoms with E-state index in [1.165, 1.54) is 0 Å². The van der Waals surface area contributed by atoms with Crippen LogP contribution in [0.4, 0.5) is 0 Å². The van der Waals surface area contributed by atoms with Gasteiger partial charge in [-0.2, -0.15) is 5.10 Å². The summed E-state index contributed by atoms with van der Waals surface area (Å²) >= 11 is 0. The fourth-order valence-electron chi connectivity index (χ4n) is 1.89. The maximum absolute atomic E-state index is 5.36. The molecule has 21 heavy (non-hydrogen) atoms. The Morgan fingerprint density at radius 1 is 0.952 bits per heavy atom. The average Bonchev–Trinajstić information content (AvgIpc) is 2.52. The molecule has 0 aromatic heterocycles. The Hall–Kier alpha value is -2.82. The second-order valence-electron chi connectivity index (χ2n) is 4.46. The van der Waals surface area contributed by atoms with Gasteiger partial charge < -0.3 is 16.2 Å². The monoisotopic (exact) mass is 282 g/mol. The van der Waals surface area contributed by atoms with Crippen molar-refractivity contribution in [3.63, 3.8) is 0 Å². The van der Waals surface area contributed by atoms with Crippen molar-refractivity contribution in [3.8, 4) is 5.75 Å². The summed E-state index contributed by atoms with van der Waals surface area (Å²) in [7, 11) is 1.63. The highest BCUT2D eigenvalue weighted by molar-refractivity contribution is 6.02. The van der Waals surface area contributed by atoms with Gasteiger partial charge in [-0.3, -0.25) is 0 Å². The van der Waals surface area contributed by atoms with Crippen LogP contribution in [0.3, 0.4) is 0 Å². The van der Waals surface area contributed by atoms with Crippen LogP contribution in [0.5, 0.6) is 5.75 Å². The fraction of sp³-hybridized carbons (Fsp3) is 0.125. The molecule has 0 radical (unpaired) electrons. The Bertz CT molecular complexity index is 629. The highest BCUT2D eigenvalue weighted by Crippen LogP contribution is 2.14. The first kappa shape index (κ1) is 14.6. The van der Waals surface area contributed by atoms with Gasteiger partial charge in [0.1, 0.15) is 5.75 Å². The zero-order chi connectivity index (χ0) is 15.1. The van der Waals surface area contributed by atoms with Gasteiger partial charge in [0, 0.05) is 6.42 Å². The summed E-state index contributed by atoms with van der Waals surface area (Å²) in [4.78, 5) is 0. The minimum atomic E-state index is -0.0610. The summed E-state index contributed by atoms with van der Waals surface area (Å²) in [6.45, 7) is 0. The fourth-order valence-corrected chi connectivity index (χ4v) is 1.89. The zero-order valence-electron chi connectivity index (χ0n) is 11.9. The number of benzene rings is 2. The molecule has 108 valence electrons. The Kier molecular flexibility index (Phi) is 4.93. The molecule has 5 heteroatoms. The van der Waals surface area contributed by atoms with Crippen molar-refractivity contribution in [3.05, 3.63) is 65.7 Å². The number of methoxy groups -OCH3 is 1. The molecule has 5 nitrogen and oxygen atoms in total. The molecule has 0 aliphatic rings. The number of nitrogens with two attached hydrogens (primary N) is 2. The maximum Gasteiger partial charge on any atom is 0.211 e. The Balaban J connectivity index is 2.31. The summed E-state index contributed by atoms with van der Waals surface area (Å²) in [5.74, 6) is 0.730. The molecule has 0 aliphatic carbocycles. The van der Waals surface area contributed by atoms with Crippen LogP contribution in [0.15, 0.2) is 64.8 Å². The Morgan fingerprint density at radius 2 is 1.62 bits per heavy atom. The van der Waals surface area contributed by atoms with E-state index >= 15 is 0 Å². The molecule has 0 fully saturated rings. The number of ether oxygens (including phenoxy) is 1. The first-order valence-electron chi connectivity index (χ1n) is 6.53. The van der Waals surface area contributed by atoms with Gasteiger partial charge in [-0.05, 0) is 35.4 Å². The van der Waals surface area contributed by atoms with Gasteiger partial charge >= 0.3 is 0 Å². The largest absolute Gasteiger partial charge is 0.497 e. The Morgan fingerprint density at radius 3 is 2.19 bits per heavy atom. The summed E-state index contributed by atoms with van der Waals surface area (Å²) in [5.41, 5.74) is 13.6. The molecule has 0 atom stereocenters. The van der Waals surface area contributed by atoms with Crippen LogP contribution < -0.4 is 16.2 Å². The molecule has 0 saturated carbocycles. The second kappa shape index (κ2) is 7.09. The highest BCUT2D eigenvalue weighted by atomic mass is 16.5. The van der Waals surface area contributed by atoms with Crippen molar-refractivity contribution in [2.75, 3.05) is 7.11 Å². The molecule has 0 aliphatic heterocycles. The number of guanidine groups is 1. The smallest absolute Gasteiger partial charge is 0.211 e. The lowest BCUT2D eigenvalue weighted by molar-refractivity contribution is 0.415. The van der Waals surface area contributed by atoms with Crippen molar-refractivity contribution in [1.29, 1.82) is 0 Å². The van der Waals surface area contributed by atoms with Crippen LogP contribution in [0.25, 0.3) is 0 Å². The predicted octanol–water partition coefficient (Wildman–Crippen LogP) is 1.92. The van der Waals surface area contributed by atoms with Crippen LogP contribution in [0.2, 0.25) is 0 Å². The van der Waals surface area contributed by atoms with Gasteiger partial charge in [-0.25, -0.2) is 0 Å². The molecule has 0 unspecified atom stereocenters. The van der Waals surface area contributed by atoms with Gasteiger partial charge in [-0.1, -0.05) is 30.3 Å². The van der Waals surface area contributed by atoms with Crippen molar-refractivity contribution in [1.82, 2.24) is 0 Å². The van der Waals surface area contributed by atoms with Gasteiger partial charge in [0.15, 0.2) is 0 Å². The van der Waals surface area contributed by atoms with Crippen LogP contribution in [-0.2, 0) is 6.42 Å². The van der Waals surface area contributed by atoms with Crippen LogP contribution in [0, 0.1) is 0 Å². The summed E-state index contributed by atoms with van der Waals surface area (Å²) in [5, 5.41) is 7.93. The number of rotatable bonds is 5. The van der Waals surface area contributed by atoms with E-state index in [2.05, 4.69) is 10.2 Å². The lowest BCUT2D eigenvalue weighted by Crippen LogP contribution is -2.22. The zero-order valence-corrected chi connectivity index (χ0v) is 11.9. The quantitative estimate of drug-likeness (QED) is 0.499. The summed E-state index contributed by atoms with van der Waals surface area (Å²) in [6.07, 6.45) is 0.643. The minimum absolute atomic E-state index is 0.0610. The van der Waals surface area contributed by atoms with Crippen LogP contribution in [-0.4, -0.2) is 18.8 Å². The van der Waals surface area contributed by atoms with Crippen molar-refractivity contribution in [2.24, 2.45) is 21.7 Å². The molecule has 0 saturated heterocycles. The van der Waals surface area contributed by atoms with E-state index in [1.54, 1.807) is 7.11 Å². The highest BCUT2D eigenvalue weighted by Gasteiger charge is 2.06. The predicted molar refractivity (Wildman–Crippen MR) is 85.5 cm³/mol. The molecule has 0 heterocycles. The van der Waals surface area contributed by atoms with E-state index in [0.717, 1.165) is 22.6 Å². The lowest BCUT2D eigenvalue weighted by atomic mass is 10.0. The lowest BCUT2D eigenvalue weighted by Gasteiger charge is -2.07. The third-order valence-electron chi connectivity index (χ3n) is 2.92. The second-order valence-corrected chi connectivity index (χ2v) is 4.46. The summed E-state index contributed by atoms with van der Waals surface area (Å²) in [6, 6.07) is 17.7. The standard InChI is InChI=1S/C16H18N4O/c1-21-14-9-7-13(8-10-14)15(19-20-16(17)18)11-12-5-3-2-4-6-12/h2-10H,11H2,1H3,(H4,17,18,20). The number of hydrogen-bond donors (Lipinski definition) is 2. The van der Waals surface area contributed by atoms with E-state index in [9.17, 15) is 0 Å². The first-order valence-corrected chi connectivity index (χ1v) is 6.53. The summed E-state index contributed by atoms with van der Waals surface area (Å²) < 4.78 is 5.16. The normalized spacial score (nSPS) is 11.0.